The van der Waals surface area contributed by atoms with Crippen molar-refractivity contribution in [1.82, 2.24) is 9.88 Å². The van der Waals surface area contributed by atoms with Gasteiger partial charge in [-0.3, -0.25) is 9.69 Å². The number of fused-ring (bicyclic) bond motifs is 1. The van der Waals surface area contributed by atoms with E-state index in [2.05, 4.69) is 23.7 Å². The largest absolute Gasteiger partial charge is 0.302 e. The normalized spacial score (nSPS) is 11.5. The number of sulfone groups is 1. The van der Waals surface area contributed by atoms with Crippen LogP contribution in [-0.4, -0.2) is 62.9 Å². The summed E-state index contributed by atoms with van der Waals surface area (Å²) in [7, 11) is -3.42. The number of nitrogens with zero attached hydrogens (tertiary/aromatic N) is 3. The summed E-state index contributed by atoms with van der Waals surface area (Å²) in [4.78, 5) is 23.3. The average molecular weight is 528 g/mol. The van der Waals surface area contributed by atoms with E-state index in [-0.39, 0.29) is 29.6 Å². The predicted molar refractivity (Wildman–Crippen MR) is 142 cm³/mol. The van der Waals surface area contributed by atoms with Gasteiger partial charge in [0.25, 0.3) is 0 Å². The standard InChI is InChI=1S/C23H29N3O3S3.ClH/c1-5-25(6-2)14-15-26(21(27)16-17-10-12-18(30-3)13-11-17)23-24-22-19(31-23)8-7-9-20(22)32(4,28)29;/h7-13H,5-6,14-16H2,1-4H3;1H. The minimum Gasteiger partial charge on any atom is -0.302 e. The molecule has 0 saturated heterocycles. The third-order valence-corrected chi connectivity index (χ3v) is 8.27. The molecule has 0 saturated carbocycles. The lowest BCUT2D eigenvalue weighted by Crippen LogP contribution is -2.39. The monoisotopic (exact) mass is 527 g/mol. The number of amides is 1. The van der Waals surface area contributed by atoms with Crippen LogP contribution in [-0.2, 0) is 21.1 Å². The number of hydrogen-bond acceptors (Lipinski definition) is 7. The molecule has 3 rings (SSSR count). The molecule has 0 aliphatic carbocycles. The number of aromatic nitrogens is 1. The number of anilines is 1. The second kappa shape index (κ2) is 12.2. The van der Waals surface area contributed by atoms with E-state index >= 15 is 0 Å². The molecule has 2 aromatic carbocycles. The number of halogens is 1. The Morgan fingerprint density at radius 1 is 1.06 bits per heavy atom. The van der Waals surface area contributed by atoms with Crippen LogP contribution in [0, 0.1) is 0 Å². The Bertz CT molecular complexity index is 1180. The van der Waals surface area contributed by atoms with Gasteiger partial charge in [-0.15, -0.1) is 24.2 Å². The smallest absolute Gasteiger partial charge is 0.233 e. The fraction of sp³-hybridized carbons (Fsp3) is 0.391. The van der Waals surface area contributed by atoms with E-state index in [4.69, 9.17) is 0 Å². The van der Waals surface area contributed by atoms with Gasteiger partial charge in [-0.25, -0.2) is 13.4 Å². The lowest BCUT2D eigenvalue weighted by atomic mass is 10.1. The van der Waals surface area contributed by atoms with Crippen LogP contribution in [0.15, 0.2) is 52.3 Å². The van der Waals surface area contributed by atoms with Gasteiger partial charge < -0.3 is 4.90 Å². The third kappa shape index (κ3) is 6.93. The van der Waals surface area contributed by atoms with Gasteiger partial charge in [-0.1, -0.05) is 43.4 Å². The highest BCUT2D eigenvalue weighted by Gasteiger charge is 2.23. The summed E-state index contributed by atoms with van der Waals surface area (Å²) in [5.41, 5.74) is 1.37. The zero-order valence-corrected chi connectivity index (χ0v) is 22.5. The van der Waals surface area contributed by atoms with Gasteiger partial charge in [0.15, 0.2) is 15.0 Å². The van der Waals surface area contributed by atoms with Gasteiger partial charge in [0.1, 0.15) is 5.52 Å². The first-order valence-electron chi connectivity index (χ1n) is 10.5. The van der Waals surface area contributed by atoms with E-state index in [1.54, 1.807) is 28.8 Å². The van der Waals surface area contributed by atoms with Crippen LogP contribution >= 0.6 is 35.5 Å². The van der Waals surface area contributed by atoms with Crippen molar-refractivity contribution in [2.75, 3.05) is 43.6 Å². The SMILES string of the molecule is CCN(CC)CCN(C(=O)Cc1ccc(SC)cc1)c1nc2c(S(C)(=O)=O)cccc2s1.Cl. The minimum atomic E-state index is -3.42. The highest BCUT2D eigenvalue weighted by atomic mass is 35.5. The topological polar surface area (TPSA) is 70.6 Å². The number of carbonyl (C=O) groups is 1. The van der Waals surface area contributed by atoms with Crippen LogP contribution in [0.5, 0.6) is 0 Å². The minimum absolute atomic E-state index is 0. The molecule has 0 atom stereocenters. The number of thioether (sulfide) groups is 1. The molecule has 0 bridgehead atoms. The van der Waals surface area contributed by atoms with Gasteiger partial charge in [0.05, 0.1) is 16.0 Å². The van der Waals surface area contributed by atoms with Crippen LogP contribution in [0.25, 0.3) is 10.2 Å². The van der Waals surface area contributed by atoms with Gasteiger partial charge in [0.2, 0.25) is 5.91 Å². The van der Waals surface area contributed by atoms with E-state index in [0.29, 0.717) is 17.2 Å². The molecule has 1 amide bonds. The summed E-state index contributed by atoms with van der Waals surface area (Å²) >= 11 is 3.02. The number of carbonyl (C=O) groups excluding carboxylic acids is 1. The molecule has 33 heavy (non-hydrogen) atoms. The maximum absolute atomic E-state index is 13.4. The van der Waals surface area contributed by atoms with Crippen molar-refractivity contribution in [2.45, 2.75) is 30.1 Å². The Labute approximate surface area is 210 Å². The molecule has 0 unspecified atom stereocenters. The van der Waals surface area contributed by atoms with Crippen molar-refractivity contribution in [3.8, 4) is 0 Å². The first-order chi connectivity index (χ1) is 15.3. The summed E-state index contributed by atoms with van der Waals surface area (Å²) in [5.74, 6) is -0.0472. The first-order valence-corrected chi connectivity index (χ1v) is 14.4. The number of rotatable bonds is 10. The van der Waals surface area contributed by atoms with Gasteiger partial charge >= 0.3 is 0 Å². The molecule has 1 heterocycles. The highest BCUT2D eigenvalue weighted by Crippen LogP contribution is 2.33. The fourth-order valence-electron chi connectivity index (χ4n) is 3.45. The molecular weight excluding hydrogens is 498 g/mol. The number of benzene rings is 2. The van der Waals surface area contributed by atoms with E-state index < -0.39 is 9.84 Å². The molecule has 0 radical (unpaired) electrons. The van der Waals surface area contributed by atoms with Crippen molar-refractivity contribution < 1.29 is 13.2 Å². The van der Waals surface area contributed by atoms with Crippen molar-refractivity contribution >= 4 is 66.6 Å². The summed E-state index contributed by atoms with van der Waals surface area (Å²) in [6.07, 6.45) is 3.47. The molecule has 6 nitrogen and oxygen atoms in total. The van der Waals surface area contributed by atoms with Crippen LogP contribution in [0.4, 0.5) is 5.13 Å². The van der Waals surface area contributed by atoms with Crippen LogP contribution in [0.2, 0.25) is 0 Å². The second-order valence-corrected chi connectivity index (χ2v) is 11.3. The van der Waals surface area contributed by atoms with Crippen molar-refractivity contribution in [3.05, 3.63) is 48.0 Å². The molecule has 1 aromatic heterocycles. The van der Waals surface area contributed by atoms with E-state index in [0.717, 1.165) is 34.8 Å². The molecule has 10 heteroatoms. The molecule has 0 aliphatic heterocycles. The molecule has 180 valence electrons. The van der Waals surface area contributed by atoms with Crippen molar-refractivity contribution in [3.63, 3.8) is 0 Å². The molecule has 0 N–H and O–H groups in total. The van der Waals surface area contributed by atoms with Crippen LogP contribution < -0.4 is 4.90 Å². The summed E-state index contributed by atoms with van der Waals surface area (Å²) < 4.78 is 25.2. The molecule has 0 aliphatic rings. The Morgan fingerprint density at radius 3 is 2.30 bits per heavy atom. The predicted octanol–water partition coefficient (Wildman–Crippen LogP) is 4.76. The highest BCUT2D eigenvalue weighted by molar-refractivity contribution is 7.98. The van der Waals surface area contributed by atoms with Crippen molar-refractivity contribution in [1.29, 1.82) is 0 Å². The quantitative estimate of drug-likeness (QED) is 0.354. The lowest BCUT2D eigenvalue weighted by molar-refractivity contribution is -0.118. The second-order valence-electron chi connectivity index (χ2n) is 7.47. The molecular formula is C23H30ClN3O3S3. The van der Waals surface area contributed by atoms with E-state index in [1.165, 1.54) is 17.6 Å². The number of likely N-dealkylation sites (N-methyl/N-ethyl adjacent to an activating group) is 1. The summed E-state index contributed by atoms with van der Waals surface area (Å²) in [6, 6.07) is 13.1. The molecule has 3 aromatic rings. The maximum Gasteiger partial charge on any atom is 0.233 e. The van der Waals surface area contributed by atoms with Crippen LogP contribution in [0.1, 0.15) is 19.4 Å². The fourth-order valence-corrected chi connectivity index (χ4v) is 5.79. The Morgan fingerprint density at radius 2 is 1.73 bits per heavy atom. The molecule has 0 fully saturated rings. The lowest BCUT2D eigenvalue weighted by Gasteiger charge is -2.24. The Balaban J connectivity index is 0.00000385. The number of hydrogen-bond donors (Lipinski definition) is 0. The number of thiazole rings is 1. The van der Waals surface area contributed by atoms with Gasteiger partial charge in [0, 0.05) is 24.2 Å². The summed E-state index contributed by atoms with van der Waals surface area (Å²) in [6.45, 7) is 7.20. The number of para-hydroxylation sites is 1. The molecule has 0 spiro atoms. The zero-order chi connectivity index (χ0) is 23.3. The average Bonchev–Trinajstić information content (AvgIpc) is 3.20. The van der Waals surface area contributed by atoms with Crippen molar-refractivity contribution in [2.24, 2.45) is 0 Å². The third-order valence-electron chi connectivity index (χ3n) is 5.35. The zero-order valence-electron chi connectivity index (χ0n) is 19.3. The summed E-state index contributed by atoms with van der Waals surface area (Å²) in [5, 5.41) is 0.536. The van der Waals surface area contributed by atoms with Crippen LogP contribution in [0.3, 0.4) is 0 Å². The maximum atomic E-state index is 13.4. The van der Waals surface area contributed by atoms with Gasteiger partial charge in [-0.2, -0.15) is 0 Å². The van der Waals surface area contributed by atoms with Gasteiger partial charge in [-0.05, 0) is 49.2 Å². The first kappa shape index (κ1) is 27.6. The Hall–Kier alpha value is -1.65. The van der Waals surface area contributed by atoms with E-state index in [9.17, 15) is 13.2 Å². The van der Waals surface area contributed by atoms with E-state index in [1.807, 2.05) is 36.6 Å². The Kier molecular flexibility index (Phi) is 10.2.